The molecular formula is C26H32N6O. The van der Waals surface area contributed by atoms with E-state index in [2.05, 4.69) is 11.0 Å². The maximum absolute atomic E-state index is 6.31. The molecule has 172 valence electrons. The third-order valence-electron chi connectivity index (χ3n) is 6.38. The van der Waals surface area contributed by atoms with Crippen molar-refractivity contribution in [3.05, 3.63) is 42.0 Å². The Morgan fingerprint density at radius 3 is 2.36 bits per heavy atom. The fraction of sp³-hybridized carbons (Fsp3) is 0.462. The number of benzene rings is 1. The van der Waals surface area contributed by atoms with Crippen molar-refractivity contribution in [3.63, 3.8) is 0 Å². The van der Waals surface area contributed by atoms with E-state index in [1.54, 1.807) is 0 Å². The second kappa shape index (κ2) is 9.73. The van der Waals surface area contributed by atoms with Crippen LogP contribution in [0.15, 0.2) is 30.3 Å². The second-order valence-electron chi connectivity index (χ2n) is 9.14. The number of hydrogen-bond acceptors (Lipinski definition) is 7. The van der Waals surface area contributed by atoms with E-state index >= 15 is 0 Å². The maximum Gasteiger partial charge on any atom is 0.219 e. The van der Waals surface area contributed by atoms with Crippen LogP contribution < -0.4 is 14.5 Å². The molecule has 33 heavy (non-hydrogen) atoms. The topological polar surface area (TPSA) is 67.3 Å². The molecule has 0 atom stereocenters. The molecule has 0 radical (unpaired) electrons. The van der Waals surface area contributed by atoms with Crippen LogP contribution in [-0.2, 0) is 0 Å². The van der Waals surface area contributed by atoms with Crippen molar-refractivity contribution in [2.45, 2.75) is 51.0 Å². The van der Waals surface area contributed by atoms with Gasteiger partial charge in [-0.2, -0.15) is 4.98 Å². The lowest BCUT2D eigenvalue weighted by Gasteiger charge is -2.23. The van der Waals surface area contributed by atoms with Gasteiger partial charge in [0, 0.05) is 38.6 Å². The Hall–Kier alpha value is -3.22. The molecule has 1 aromatic carbocycles. The summed E-state index contributed by atoms with van der Waals surface area (Å²) in [5.41, 5.74) is 0.920. The maximum atomic E-state index is 6.31. The number of ether oxygens (including phenoxy) is 1. The number of anilines is 2. The summed E-state index contributed by atoms with van der Waals surface area (Å²) in [6.45, 7) is 2.06. The zero-order chi connectivity index (χ0) is 22.6. The molecule has 7 nitrogen and oxygen atoms in total. The molecule has 3 aromatic rings. The Bertz CT molecular complexity index is 1130. The molecular weight excluding hydrogens is 412 g/mol. The summed E-state index contributed by atoms with van der Waals surface area (Å²) in [5.74, 6) is 3.79. The monoisotopic (exact) mass is 444 g/mol. The molecule has 1 saturated carbocycles. The Kier molecular flexibility index (Phi) is 6.37. The van der Waals surface area contributed by atoms with Crippen molar-refractivity contribution in [2.75, 3.05) is 37.0 Å². The third-order valence-corrected chi connectivity index (χ3v) is 6.38. The Labute approximate surface area is 195 Å². The van der Waals surface area contributed by atoms with E-state index in [0.29, 0.717) is 17.5 Å². The van der Waals surface area contributed by atoms with Crippen molar-refractivity contribution in [3.8, 4) is 5.88 Å². The number of rotatable bonds is 6. The highest BCUT2D eigenvalue weighted by molar-refractivity contribution is 5.90. The number of aromatic nitrogens is 4. The first-order valence-electron chi connectivity index (χ1n) is 12.1. The molecule has 0 bridgehead atoms. The number of nitrogens with zero attached hydrogens (tertiary/aromatic N) is 6. The molecule has 3 heterocycles. The highest BCUT2D eigenvalue weighted by Gasteiger charge is 2.19. The molecule has 0 amide bonds. The van der Waals surface area contributed by atoms with Gasteiger partial charge in [-0.1, -0.05) is 18.6 Å². The number of fused-ring (bicyclic) bond motifs is 1. The summed E-state index contributed by atoms with van der Waals surface area (Å²) >= 11 is 0. The van der Waals surface area contributed by atoms with Gasteiger partial charge in [-0.3, -0.25) is 0 Å². The first kappa shape index (κ1) is 21.6. The normalized spacial score (nSPS) is 17.2. The van der Waals surface area contributed by atoms with Gasteiger partial charge in [0.15, 0.2) is 11.6 Å². The predicted molar refractivity (Wildman–Crippen MR) is 134 cm³/mol. The van der Waals surface area contributed by atoms with E-state index in [-0.39, 0.29) is 6.10 Å². The van der Waals surface area contributed by atoms with Crippen LogP contribution >= 0.6 is 0 Å². The fourth-order valence-corrected chi connectivity index (χ4v) is 4.67. The van der Waals surface area contributed by atoms with Crippen molar-refractivity contribution >= 4 is 34.7 Å². The van der Waals surface area contributed by atoms with Crippen LogP contribution in [0.2, 0.25) is 0 Å². The van der Waals surface area contributed by atoms with E-state index < -0.39 is 0 Å². The first-order valence-corrected chi connectivity index (χ1v) is 12.1. The van der Waals surface area contributed by atoms with E-state index in [9.17, 15) is 0 Å². The molecule has 2 aliphatic rings. The zero-order valence-corrected chi connectivity index (χ0v) is 19.6. The molecule has 2 aromatic heterocycles. The second-order valence-corrected chi connectivity index (χ2v) is 9.14. The molecule has 0 spiro atoms. The van der Waals surface area contributed by atoms with Gasteiger partial charge in [0.1, 0.15) is 17.7 Å². The molecule has 1 aliphatic carbocycles. The average molecular weight is 445 g/mol. The third kappa shape index (κ3) is 5.07. The van der Waals surface area contributed by atoms with Gasteiger partial charge in [-0.15, -0.1) is 0 Å². The molecule has 1 aliphatic heterocycles. The minimum atomic E-state index is 0.253. The van der Waals surface area contributed by atoms with E-state index in [0.717, 1.165) is 48.5 Å². The van der Waals surface area contributed by atoms with Gasteiger partial charge < -0.3 is 14.5 Å². The summed E-state index contributed by atoms with van der Waals surface area (Å²) in [4.78, 5) is 23.4. The number of para-hydroxylation sites is 1. The summed E-state index contributed by atoms with van der Waals surface area (Å²) in [6, 6.07) is 10.1. The zero-order valence-electron chi connectivity index (χ0n) is 19.6. The lowest BCUT2D eigenvalue weighted by molar-refractivity contribution is 0.148. The smallest absolute Gasteiger partial charge is 0.219 e. The molecule has 1 saturated heterocycles. The minimum Gasteiger partial charge on any atom is -0.474 e. The molecule has 0 unspecified atom stereocenters. The quantitative estimate of drug-likeness (QED) is 0.532. The SMILES string of the molecule is CN(C)c1nc(C=Cc2nc(OC3CCCCC3)cc(N3CCCC3)n2)nc2ccccc12. The van der Waals surface area contributed by atoms with Crippen molar-refractivity contribution in [2.24, 2.45) is 0 Å². The summed E-state index contributed by atoms with van der Waals surface area (Å²) < 4.78 is 6.31. The summed E-state index contributed by atoms with van der Waals surface area (Å²) in [6.07, 6.45) is 12.4. The highest BCUT2D eigenvalue weighted by atomic mass is 16.5. The number of hydrogen-bond donors (Lipinski definition) is 0. The lowest BCUT2D eigenvalue weighted by Crippen LogP contribution is -2.22. The lowest BCUT2D eigenvalue weighted by atomic mass is 9.98. The van der Waals surface area contributed by atoms with Crippen molar-refractivity contribution in [1.29, 1.82) is 0 Å². The minimum absolute atomic E-state index is 0.253. The van der Waals surface area contributed by atoms with E-state index in [4.69, 9.17) is 24.7 Å². The molecule has 0 N–H and O–H groups in total. The van der Waals surface area contributed by atoms with Crippen LogP contribution in [0.1, 0.15) is 56.6 Å². The van der Waals surface area contributed by atoms with Gasteiger partial charge in [0.2, 0.25) is 5.88 Å². The first-order chi connectivity index (χ1) is 16.2. The van der Waals surface area contributed by atoms with Gasteiger partial charge in [-0.25, -0.2) is 15.0 Å². The van der Waals surface area contributed by atoms with E-state index in [1.165, 1.54) is 32.1 Å². The van der Waals surface area contributed by atoms with Gasteiger partial charge >= 0.3 is 0 Å². The molecule has 5 rings (SSSR count). The summed E-state index contributed by atoms with van der Waals surface area (Å²) in [5, 5.41) is 1.04. The van der Waals surface area contributed by atoms with Crippen LogP contribution in [0.3, 0.4) is 0 Å². The van der Waals surface area contributed by atoms with Crippen LogP contribution in [-0.4, -0.2) is 53.2 Å². The molecule has 2 fully saturated rings. The fourth-order valence-electron chi connectivity index (χ4n) is 4.67. The van der Waals surface area contributed by atoms with Crippen LogP contribution in [0.4, 0.5) is 11.6 Å². The van der Waals surface area contributed by atoms with Gasteiger partial charge in [0.05, 0.1) is 5.52 Å². The van der Waals surface area contributed by atoms with Crippen LogP contribution in [0.5, 0.6) is 5.88 Å². The van der Waals surface area contributed by atoms with Crippen molar-refractivity contribution < 1.29 is 4.74 Å². The van der Waals surface area contributed by atoms with Crippen LogP contribution in [0.25, 0.3) is 23.1 Å². The largest absolute Gasteiger partial charge is 0.474 e. The van der Waals surface area contributed by atoms with Gasteiger partial charge in [-0.05, 0) is 62.8 Å². The van der Waals surface area contributed by atoms with Gasteiger partial charge in [0.25, 0.3) is 0 Å². The highest BCUT2D eigenvalue weighted by Crippen LogP contribution is 2.27. The van der Waals surface area contributed by atoms with Crippen LogP contribution in [0, 0.1) is 0 Å². The van der Waals surface area contributed by atoms with E-state index in [1.807, 2.05) is 55.4 Å². The Morgan fingerprint density at radius 2 is 1.61 bits per heavy atom. The average Bonchev–Trinajstić information content (AvgIpc) is 3.38. The molecule has 7 heteroatoms. The Morgan fingerprint density at radius 1 is 0.879 bits per heavy atom. The predicted octanol–water partition coefficient (Wildman–Crippen LogP) is 4.97. The summed E-state index contributed by atoms with van der Waals surface area (Å²) in [7, 11) is 4.00. The Balaban J connectivity index is 1.46. The van der Waals surface area contributed by atoms with Crippen molar-refractivity contribution in [1.82, 2.24) is 19.9 Å². The standard InChI is InChI=1S/C26H32N6O/c1-31(2)26-20-12-6-7-13-21(20)27-22(30-26)14-15-23-28-24(32-16-8-9-17-32)18-25(29-23)33-19-10-4-3-5-11-19/h6-7,12-15,18-19H,3-5,8-11,16-17H2,1-2H3.